The standard InChI is InChI=1S/C19H22N2O4S/c1-25-18-10-6-5-9-17(18)20-19(22)15-11-13-21(14-12-15)26(23,24)16-7-3-2-4-8-16/h2-10,15H,11-14H2,1H3,(H,20,22). The topological polar surface area (TPSA) is 75.7 Å². The number of amides is 1. The minimum atomic E-state index is -3.50. The predicted molar refractivity (Wildman–Crippen MR) is 99.5 cm³/mol. The highest BCUT2D eigenvalue weighted by molar-refractivity contribution is 7.89. The van der Waals surface area contributed by atoms with Gasteiger partial charge < -0.3 is 10.1 Å². The van der Waals surface area contributed by atoms with Gasteiger partial charge in [-0.2, -0.15) is 4.31 Å². The highest BCUT2D eigenvalue weighted by atomic mass is 32.2. The first-order valence-corrected chi connectivity index (χ1v) is 9.95. The van der Waals surface area contributed by atoms with Gasteiger partial charge in [0.1, 0.15) is 5.75 Å². The van der Waals surface area contributed by atoms with Crippen LogP contribution in [0.5, 0.6) is 5.75 Å². The number of methoxy groups -OCH3 is 1. The predicted octanol–water partition coefficient (Wildman–Crippen LogP) is 2.73. The van der Waals surface area contributed by atoms with Crippen molar-refractivity contribution in [2.45, 2.75) is 17.7 Å². The van der Waals surface area contributed by atoms with Crippen LogP contribution in [-0.4, -0.2) is 38.8 Å². The Kier molecular flexibility index (Phi) is 5.58. The van der Waals surface area contributed by atoms with Crippen LogP contribution in [0.25, 0.3) is 0 Å². The van der Waals surface area contributed by atoms with Gasteiger partial charge in [-0.3, -0.25) is 4.79 Å². The first-order chi connectivity index (χ1) is 12.5. The summed E-state index contributed by atoms with van der Waals surface area (Å²) >= 11 is 0. The van der Waals surface area contributed by atoms with Crippen LogP contribution in [-0.2, 0) is 14.8 Å². The van der Waals surface area contributed by atoms with Crippen LogP contribution in [0.4, 0.5) is 5.69 Å². The van der Waals surface area contributed by atoms with Crippen molar-refractivity contribution in [2.24, 2.45) is 5.92 Å². The second-order valence-corrected chi connectivity index (χ2v) is 8.12. The molecule has 138 valence electrons. The molecule has 1 saturated heterocycles. The fraction of sp³-hybridized carbons (Fsp3) is 0.316. The Hall–Kier alpha value is -2.38. The molecule has 3 rings (SSSR count). The molecule has 6 nitrogen and oxygen atoms in total. The molecule has 1 aliphatic heterocycles. The number of anilines is 1. The van der Waals surface area contributed by atoms with Crippen LogP contribution < -0.4 is 10.1 Å². The summed E-state index contributed by atoms with van der Waals surface area (Å²) in [5, 5.41) is 2.88. The largest absolute Gasteiger partial charge is 0.495 e. The lowest BCUT2D eigenvalue weighted by atomic mass is 9.97. The van der Waals surface area contributed by atoms with Crippen LogP contribution in [0, 0.1) is 5.92 Å². The molecule has 1 heterocycles. The number of benzene rings is 2. The number of nitrogens with one attached hydrogen (secondary N) is 1. The third-order valence-electron chi connectivity index (χ3n) is 4.57. The molecule has 1 amide bonds. The van der Waals surface area contributed by atoms with Crippen molar-refractivity contribution in [1.29, 1.82) is 0 Å². The fourth-order valence-electron chi connectivity index (χ4n) is 3.08. The normalized spacial score (nSPS) is 16.2. The van der Waals surface area contributed by atoms with E-state index in [1.165, 1.54) is 4.31 Å². The van der Waals surface area contributed by atoms with Gasteiger partial charge in [-0.05, 0) is 37.1 Å². The lowest BCUT2D eigenvalue weighted by Crippen LogP contribution is -2.41. The molecule has 2 aromatic rings. The van der Waals surface area contributed by atoms with Gasteiger partial charge in [0, 0.05) is 19.0 Å². The summed E-state index contributed by atoms with van der Waals surface area (Å²) in [6.07, 6.45) is 0.986. The van der Waals surface area contributed by atoms with Crippen molar-refractivity contribution in [2.75, 3.05) is 25.5 Å². The maximum atomic E-state index is 12.6. The minimum Gasteiger partial charge on any atom is -0.495 e. The van der Waals surface area contributed by atoms with E-state index in [1.807, 2.05) is 12.1 Å². The summed E-state index contributed by atoms with van der Waals surface area (Å²) in [5.74, 6) is 0.276. The van der Waals surface area contributed by atoms with Crippen LogP contribution in [0.3, 0.4) is 0 Å². The van der Waals surface area contributed by atoms with Crippen molar-refractivity contribution in [3.63, 3.8) is 0 Å². The molecule has 26 heavy (non-hydrogen) atoms. The van der Waals surface area contributed by atoms with Gasteiger partial charge in [0.25, 0.3) is 0 Å². The zero-order valence-corrected chi connectivity index (χ0v) is 15.4. The highest BCUT2D eigenvalue weighted by Crippen LogP contribution is 2.27. The fourth-order valence-corrected chi connectivity index (χ4v) is 4.57. The van der Waals surface area contributed by atoms with E-state index in [9.17, 15) is 13.2 Å². The van der Waals surface area contributed by atoms with E-state index in [4.69, 9.17) is 4.74 Å². The SMILES string of the molecule is COc1ccccc1NC(=O)C1CCN(S(=O)(=O)c2ccccc2)CC1. The molecule has 0 spiro atoms. The van der Waals surface area contributed by atoms with Gasteiger partial charge in [-0.25, -0.2) is 8.42 Å². The molecule has 1 fully saturated rings. The number of nitrogens with zero attached hydrogens (tertiary/aromatic N) is 1. The number of rotatable bonds is 5. The summed E-state index contributed by atoms with van der Waals surface area (Å²) in [4.78, 5) is 12.8. The maximum Gasteiger partial charge on any atom is 0.243 e. The van der Waals surface area contributed by atoms with Crippen LogP contribution in [0.1, 0.15) is 12.8 Å². The minimum absolute atomic E-state index is 0.105. The molecule has 0 aliphatic carbocycles. The lowest BCUT2D eigenvalue weighted by molar-refractivity contribution is -0.120. The Labute approximate surface area is 153 Å². The number of carbonyl (C=O) groups excluding carboxylic acids is 1. The highest BCUT2D eigenvalue weighted by Gasteiger charge is 2.32. The van der Waals surface area contributed by atoms with Crippen molar-refractivity contribution < 1.29 is 17.9 Å². The van der Waals surface area contributed by atoms with Gasteiger partial charge in [0.2, 0.25) is 15.9 Å². The third kappa shape index (κ3) is 3.89. The molecule has 0 atom stereocenters. The monoisotopic (exact) mass is 374 g/mol. The molecular weight excluding hydrogens is 352 g/mol. The van der Waals surface area contributed by atoms with E-state index in [-0.39, 0.29) is 16.7 Å². The van der Waals surface area contributed by atoms with Gasteiger partial charge in [0.05, 0.1) is 17.7 Å². The second-order valence-electron chi connectivity index (χ2n) is 6.18. The zero-order valence-electron chi connectivity index (χ0n) is 14.6. The van der Waals surface area contributed by atoms with Gasteiger partial charge >= 0.3 is 0 Å². The Morgan fingerprint density at radius 2 is 1.65 bits per heavy atom. The van der Waals surface area contributed by atoms with Crippen LogP contribution >= 0.6 is 0 Å². The Morgan fingerprint density at radius 3 is 2.31 bits per heavy atom. The summed E-state index contributed by atoms with van der Waals surface area (Å²) in [5.41, 5.74) is 0.624. The molecule has 0 saturated carbocycles. The van der Waals surface area contributed by atoms with Crippen molar-refractivity contribution in [3.05, 3.63) is 54.6 Å². The van der Waals surface area contributed by atoms with E-state index in [2.05, 4.69) is 5.32 Å². The molecule has 7 heteroatoms. The Balaban J connectivity index is 1.62. The molecule has 0 radical (unpaired) electrons. The number of sulfonamides is 1. The van der Waals surface area contributed by atoms with Gasteiger partial charge in [-0.15, -0.1) is 0 Å². The van der Waals surface area contributed by atoms with E-state index in [0.29, 0.717) is 37.4 Å². The smallest absolute Gasteiger partial charge is 0.243 e. The number of hydrogen-bond donors (Lipinski definition) is 1. The summed E-state index contributed by atoms with van der Waals surface area (Å²) in [7, 11) is -1.95. The molecule has 1 N–H and O–H groups in total. The summed E-state index contributed by atoms with van der Waals surface area (Å²) in [6.45, 7) is 0.669. The van der Waals surface area contributed by atoms with E-state index < -0.39 is 10.0 Å². The first kappa shape index (κ1) is 18.4. The number of para-hydroxylation sites is 2. The summed E-state index contributed by atoms with van der Waals surface area (Å²) in [6, 6.07) is 15.6. The molecule has 1 aliphatic rings. The average molecular weight is 374 g/mol. The van der Waals surface area contributed by atoms with Gasteiger partial charge in [0.15, 0.2) is 0 Å². The average Bonchev–Trinajstić information content (AvgIpc) is 2.69. The number of carbonyl (C=O) groups is 1. The van der Waals surface area contributed by atoms with E-state index in [0.717, 1.165) is 0 Å². The number of hydrogen-bond acceptors (Lipinski definition) is 4. The maximum absolute atomic E-state index is 12.6. The van der Waals surface area contributed by atoms with Crippen LogP contribution in [0.2, 0.25) is 0 Å². The first-order valence-electron chi connectivity index (χ1n) is 8.51. The van der Waals surface area contributed by atoms with E-state index in [1.54, 1.807) is 49.6 Å². The lowest BCUT2D eigenvalue weighted by Gasteiger charge is -2.30. The van der Waals surface area contributed by atoms with Crippen molar-refractivity contribution >= 4 is 21.6 Å². The summed E-state index contributed by atoms with van der Waals surface area (Å²) < 4.78 is 32.0. The van der Waals surface area contributed by atoms with E-state index >= 15 is 0 Å². The molecular formula is C19H22N2O4S. The molecule has 0 bridgehead atoms. The van der Waals surface area contributed by atoms with Crippen molar-refractivity contribution in [3.8, 4) is 5.75 Å². The Morgan fingerprint density at radius 1 is 1.04 bits per heavy atom. The molecule has 0 unspecified atom stereocenters. The molecule has 0 aromatic heterocycles. The molecule has 2 aromatic carbocycles. The third-order valence-corrected chi connectivity index (χ3v) is 6.48. The van der Waals surface area contributed by atoms with Gasteiger partial charge in [-0.1, -0.05) is 30.3 Å². The second kappa shape index (κ2) is 7.88. The van der Waals surface area contributed by atoms with Crippen LogP contribution in [0.15, 0.2) is 59.5 Å². The number of ether oxygens (including phenoxy) is 1. The Bertz CT molecular complexity index is 860. The zero-order chi connectivity index (χ0) is 18.6. The quantitative estimate of drug-likeness (QED) is 0.873. The van der Waals surface area contributed by atoms with Crippen molar-refractivity contribution in [1.82, 2.24) is 4.31 Å². The number of piperidine rings is 1.